The molecule has 2 aromatic rings. The van der Waals surface area contributed by atoms with Crippen molar-refractivity contribution in [3.05, 3.63) is 42.5 Å². The van der Waals surface area contributed by atoms with Gasteiger partial charge in [-0.1, -0.05) is 0 Å². The molecule has 4 rings (SSSR count). The van der Waals surface area contributed by atoms with E-state index in [1.807, 2.05) is 21.9 Å². The molecule has 0 aliphatic carbocycles. The lowest BCUT2D eigenvalue weighted by Crippen LogP contribution is -2.57. The number of urea groups is 1. The second kappa shape index (κ2) is 7.97. The highest BCUT2D eigenvalue weighted by atomic mass is 16.2. The van der Waals surface area contributed by atoms with Gasteiger partial charge in [0, 0.05) is 70.9 Å². The molecule has 0 atom stereocenters. The topological polar surface area (TPSA) is 77.8 Å². The largest absolute Gasteiger partial charge is 0.335 e. The van der Waals surface area contributed by atoms with Crippen LogP contribution >= 0.6 is 0 Å². The number of pyridine rings is 1. The smallest absolute Gasteiger partial charge is 0.320 e. The first-order valence-corrected chi connectivity index (χ1v) is 9.58. The van der Waals surface area contributed by atoms with Crippen molar-refractivity contribution in [3.8, 4) is 5.69 Å². The van der Waals surface area contributed by atoms with Gasteiger partial charge >= 0.3 is 6.03 Å². The molecule has 2 aliphatic heterocycles. The third-order valence-electron chi connectivity index (χ3n) is 5.37. The van der Waals surface area contributed by atoms with Gasteiger partial charge in [-0.3, -0.25) is 9.78 Å². The van der Waals surface area contributed by atoms with E-state index in [0.717, 1.165) is 31.9 Å². The summed E-state index contributed by atoms with van der Waals surface area (Å²) in [7, 11) is 2.07. The first kappa shape index (κ1) is 18.4. The van der Waals surface area contributed by atoms with E-state index >= 15 is 0 Å². The summed E-state index contributed by atoms with van der Waals surface area (Å²) in [4.78, 5) is 37.3. The van der Waals surface area contributed by atoms with Crippen LogP contribution < -0.4 is 0 Å². The van der Waals surface area contributed by atoms with Gasteiger partial charge in [0.25, 0.3) is 5.91 Å². The first-order valence-electron chi connectivity index (χ1n) is 9.58. The monoisotopic (exact) mass is 383 g/mol. The fourth-order valence-electron chi connectivity index (χ4n) is 3.55. The molecule has 9 nitrogen and oxygen atoms in total. The lowest BCUT2D eigenvalue weighted by atomic mass is 10.2. The molecular formula is C19H25N7O2. The molecule has 2 saturated heterocycles. The fraction of sp³-hybridized carbons (Fsp3) is 0.474. The highest BCUT2D eigenvalue weighted by Gasteiger charge is 2.29. The molecule has 2 aromatic heterocycles. The van der Waals surface area contributed by atoms with Gasteiger partial charge in [-0.25, -0.2) is 9.48 Å². The molecule has 0 bridgehead atoms. The minimum Gasteiger partial charge on any atom is -0.335 e. The summed E-state index contributed by atoms with van der Waals surface area (Å²) in [5.74, 6) is -0.0491. The Bertz CT molecular complexity index is 822. The van der Waals surface area contributed by atoms with Crippen molar-refractivity contribution < 1.29 is 9.59 Å². The van der Waals surface area contributed by atoms with E-state index in [4.69, 9.17) is 0 Å². The van der Waals surface area contributed by atoms with Gasteiger partial charge in [0.15, 0.2) is 0 Å². The third-order valence-corrected chi connectivity index (χ3v) is 5.37. The molecule has 0 aromatic carbocycles. The molecule has 3 amide bonds. The van der Waals surface area contributed by atoms with Gasteiger partial charge in [0.1, 0.15) is 0 Å². The molecule has 28 heavy (non-hydrogen) atoms. The average Bonchev–Trinajstić information content (AvgIpc) is 3.24. The second-order valence-corrected chi connectivity index (χ2v) is 7.23. The summed E-state index contributed by atoms with van der Waals surface area (Å²) in [6.07, 6.45) is 6.70. The number of hydrogen-bond donors (Lipinski definition) is 0. The molecular weight excluding hydrogens is 358 g/mol. The van der Waals surface area contributed by atoms with Crippen molar-refractivity contribution in [2.24, 2.45) is 0 Å². The number of carbonyl (C=O) groups excluding carboxylic acids is 2. The first-order chi connectivity index (χ1) is 13.6. The Morgan fingerprint density at radius 2 is 1.43 bits per heavy atom. The molecule has 9 heteroatoms. The number of nitrogens with zero attached hydrogens (tertiary/aromatic N) is 7. The molecule has 0 saturated carbocycles. The maximum absolute atomic E-state index is 12.8. The van der Waals surface area contributed by atoms with Crippen LogP contribution in [0.3, 0.4) is 0 Å². The Morgan fingerprint density at radius 1 is 0.857 bits per heavy atom. The molecule has 2 aliphatic rings. The van der Waals surface area contributed by atoms with E-state index in [-0.39, 0.29) is 11.9 Å². The van der Waals surface area contributed by atoms with Crippen LogP contribution in [0.5, 0.6) is 0 Å². The average molecular weight is 383 g/mol. The molecule has 0 N–H and O–H groups in total. The van der Waals surface area contributed by atoms with Gasteiger partial charge in [-0.05, 0) is 19.2 Å². The summed E-state index contributed by atoms with van der Waals surface area (Å²) in [6, 6.07) is 3.76. The molecule has 4 heterocycles. The minimum absolute atomic E-state index is 0.0491. The standard InChI is InChI=1S/C19H25N7O2/c1-22-6-8-24(9-7-22)19(28)25-12-10-23(11-13-25)18(27)16-14-21-26(15-16)17-2-4-20-5-3-17/h2-5,14-15H,6-13H2,1H3. The van der Waals surface area contributed by atoms with Crippen molar-refractivity contribution in [1.29, 1.82) is 0 Å². The number of aromatic nitrogens is 3. The normalized spacial score (nSPS) is 18.4. The Morgan fingerprint density at radius 3 is 2.07 bits per heavy atom. The van der Waals surface area contributed by atoms with Crippen LogP contribution in [0.15, 0.2) is 36.9 Å². The molecule has 148 valence electrons. The predicted octanol–water partition coefficient (Wildman–Crippen LogP) is 0.393. The van der Waals surface area contributed by atoms with E-state index in [1.54, 1.807) is 34.4 Å². The SMILES string of the molecule is CN1CCN(C(=O)N2CCN(C(=O)c3cnn(-c4ccncc4)c3)CC2)CC1. The Labute approximate surface area is 164 Å². The second-order valence-electron chi connectivity index (χ2n) is 7.23. The molecule has 0 spiro atoms. The zero-order chi connectivity index (χ0) is 19.5. The van der Waals surface area contributed by atoms with Crippen LogP contribution in [0.1, 0.15) is 10.4 Å². The van der Waals surface area contributed by atoms with Crippen molar-refractivity contribution in [3.63, 3.8) is 0 Å². The Balaban J connectivity index is 1.33. The summed E-state index contributed by atoms with van der Waals surface area (Å²) >= 11 is 0. The van der Waals surface area contributed by atoms with E-state index in [9.17, 15) is 9.59 Å². The molecule has 0 unspecified atom stereocenters. The highest BCUT2D eigenvalue weighted by molar-refractivity contribution is 5.94. The number of likely N-dealkylation sites (N-methyl/N-ethyl adjacent to an activating group) is 1. The van der Waals surface area contributed by atoms with Crippen LogP contribution in [0.4, 0.5) is 4.79 Å². The number of carbonyl (C=O) groups is 2. The Kier molecular flexibility index (Phi) is 5.25. The van der Waals surface area contributed by atoms with Crippen molar-refractivity contribution in [2.45, 2.75) is 0 Å². The highest BCUT2D eigenvalue weighted by Crippen LogP contribution is 2.13. The third kappa shape index (κ3) is 3.84. The van der Waals surface area contributed by atoms with Gasteiger partial charge < -0.3 is 19.6 Å². The zero-order valence-electron chi connectivity index (χ0n) is 16.1. The van der Waals surface area contributed by atoms with Crippen LogP contribution in [-0.4, -0.2) is 106 Å². The fourth-order valence-corrected chi connectivity index (χ4v) is 3.55. The van der Waals surface area contributed by atoms with Gasteiger partial charge in [-0.2, -0.15) is 5.10 Å². The lowest BCUT2D eigenvalue weighted by molar-refractivity contribution is 0.0619. The quantitative estimate of drug-likeness (QED) is 0.750. The van der Waals surface area contributed by atoms with E-state index in [0.29, 0.717) is 31.7 Å². The lowest BCUT2D eigenvalue weighted by Gasteiger charge is -2.39. The molecule has 0 radical (unpaired) electrons. The Hall–Kier alpha value is -2.94. The summed E-state index contributed by atoms with van der Waals surface area (Å²) < 4.78 is 1.67. The number of hydrogen-bond acceptors (Lipinski definition) is 5. The van der Waals surface area contributed by atoms with E-state index in [2.05, 4.69) is 22.0 Å². The summed E-state index contributed by atoms with van der Waals surface area (Å²) in [6.45, 7) is 5.56. The maximum Gasteiger partial charge on any atom is 0.320 e. The van der Waals surface area contributed by atoms with Crippen LogP contribution in [0.25, 0.3) is 5.69 Å². The van der Waals surface area contributed by atoms with Crippen LogP contribution in [0, 0.1) is 0 Å². The summed E-state index contributed by atoms with van der Waals surface area (Å²) in [5.41, 5.74) is 1.41. The number of piperazine rings is 2. The van der Waals surface area contributed by atoms with Crippen molar-refractivity contribution >= 4 is 11.9 Å². The van der Waals surface area contributed by atoms with E-state index in [1.165, 1.54) is 0 Å². The molecule has 2 fully saturated rings. The zero-order valence-corrected chi connectivity index (χ0v) is 16.1. The van der Waals surface area contributed by atoms with Gasteiger partial charge in [0.2, 0.25) is 0 Å². The minimum atomic E-state index is -0.0491. The maximum atomic E-state index is 12.8. The van der Waals surface area contributed by atoms with Crippen LogP contribution in [0.2, 0.25) is 0 Å². The van der Waals surface area contributed by atoms with Gasteiger partial charge in [0.05, 0.1) is 17.4 Å². The van der Waals surface area contributed by atoms with Crippen molar-refractivity contribution in [1.82, 2.24) is 34.4 Å². The number of rotatable bonds is 2. The van der Waals surface area contributed by atoms with Crippen LogP contribution in [-0.2, 0) is 0 Å². The van der Waals surface area contributed by atoms with Gasteiger partial charge in [-0.15, -0.1) is 0 Å². The van der Waals surface area contributed by atoms with Crippen molar-refractivity contribution in [2.75, 3.05) is 59.4 Å². The number of amides is 3. The van der Waals surface area contributed by atoms with E-state index < -0.39 is 0 Å². The summed E-state index contributed by atoms with van der Waals surface area (Å²) in [5, 5.41) is 4.28. The predicted molar refractivity (Wildman–Crippen MR) is 103 cm³/mol.